The van der Waals surface area contributed by atoms with Gasteiger partial charge in [0, 0.05) is 44.1 Å². The van der Waals surface area contributed by atoms with Crippen LogP contribution in [-0.2, 0) is 4.79 Å². The highest BCUT2D eigenvalue weighted by Crippen LogP contribution is 2.22. The molecular weight excluding hydrogens is 348 g/mol. The number of hydrogen-bond acceptors (Lipinski definition) is 5. The highest BCUT2D eigenvalue weighted by atomic mass is 32.1. The summed E-state index contributed by atoms with van der Waals surface area (Å²) >= 11 is 1.78. The molecule has 0 atom stereocenters. The van der Waals surface area contributed by atoms with Crippen LogP contribution < -0.4 is 0 Å². The Morgan fingerprint density at radius 2 is 1.69 bits per heavy atom. The maximum atomic E-state index is 12.2. The van der Waals surface area contributed by atoms with Crippen molar-refractivity contribution in [3.8, 4) is 0 Å². The van der Waals surface area contributed by atoms with Crippen molar-refractivity contribution in [1.29, 1.82) is 0 Å². The summed E-state index contributed by atoms with van der Waals surface area (Å²) in [5.41, 5.74) is 3.19. The lowest BCUT2D eigenvalue weighted by Gasteiger charge is -2.22. The van der Waals surface area contributed by atoms with Crippen LogP contribution in [-0.4, -0.2) is 48.6 Å². The minimum absolute atomic E-state index is 0.0630. The van der Waals surface area contributed by atoms with Crippen LogP contribution in [0.5, 0.6) is 0 Å². The minimum Gasteiger partial charge on any atom is -0.481 e. The zero-order valence-corrected chi connectivity index (χ0v) is 16.5. The Bertz CT molecular complexity index is 802. The number of carboxylic acid groups (broad SMARTS) is 1. The second kappa shape index (κ2) is 10.3. The summed E-state index contributed by atoms with van der Waals surface area (Å²) in [6.07, 6.45) is 1.84. The maximum Gasteiger partial charge on any atom is 0.300 e. The van der Waals surface area contributed by atoms with E-state index >= 15 is 0 Å². The summed E-state index contributed by atoms with van der Waals surface area (Å²) in [6.45, 7) is 3.19. The number of allylic oxidation sites excluding steroid dienone is 2. The minimum atomic E-state index is -0.833. The van der Waals surface area contributed by atoms with Crippen LogP contribution in [0.15, 0.2) is 58.5 Å². The Balaban J connectivity index is 0.000000278. The lowest BCUT2D eigenvalue weighted by atomic mass is 9.92. The number of nitrogens with zero attached hydrogens (tertiary/aromatic N) is 2. The molecule has 0 amide bonds. The van der Waals surface area contributed by atoms with Crippen LogP contribution in [0.1, 0.15) is 27.7 Å². The number of rotatable bonds is 1. The highest BCUT2D eigenvalue weighted by Gasteiger charge is 2.24. The number of thiophene rings is 1. The van der Waals surface area contributed by atoms with Gasteiger partial charge in [-0.1, -0.05) is 30.3 Å². The van der Waals surface area contributed by atoms with Gasteiger partial charge in [-0.2, -0.15) is 0 Å². The number of benzene rings is 1. The Morgan fingerprint density at radius 3 is 2.08 bits per heavy atom. The molecule has 0 spiro atoms. The Hall–Kier alpha value is -2.73. The zero-order chi connectivity index (χ0) is 19.7. The quantitative estimate of drug-likeness (QED) is 0.824. The molecule has 1 heterocycles. The number of aliphatic carboxylic acids is 1. The molecule has 0 saturated heterocycles. The average molecular weight is 372 g/mol. The fourth-order valence-corrected chi connectivity index (χ4v) is 2.72. The number of fused-ring (bicyclic) bond motifs is 1. The summed E-state index contributed by atoms with van der Waals surface area (Å²) in [5, 5.41) is 9.50. The third kappa shape index (κ3) is 6.29. The molecule has 5 nitrogen and oxygen atoms in total. The van der Waals surface area contributed by atoms with Crippen LogP contribution in [0.2, 0.25) is 0 Å². The number of Topliss-reactive ketones (excluding diaryl/α,β-unsaturated/α-hetero) is 1. The van der Waals surface area contributed by atoms with Gasteiger partial charge in [-0.05, 0) is 24.4 Å². The van der Waals surface area contributed by atoms with Gasteiger partial charge >= 0.3 is 0 Å². The van der Waals surface area contributed by atoms with E-state index in [1.807, 2.05) is 49.3 Å². The molecule has 1 N–H and O–H groups in total. The second-order valence-corrected chi connectivity index (χ2v) is 6.80. The standard InChI is InChI=1S/C13H14N2O.C5H6S.C2H4O2/c1-14-11-8-12(15(2)3)13(16)10-7-5-4-6-9(10)11;1-5-3-2-4-6-5;1-2(3)4/h4-8H,1-3H3;2-4H,1H3;1H3,(H,3,4). The van der Waals surface area contributed by atoms with Gasteiger partial charge in [0.25, 0.3) is 5.97 Å². The van der Waals surface area contributed by atoms with Crippen molar-refractivity contribution in [3.05, 3.63) is 69.6 Å². The first kappa shape index (κ1) is 21.3. The van der Waals surface area contributed by atoms with Crippen LogP contribution in [0.3, 0.4) is 0 Å². The summed E-state index contributed by atoms with van der Waals surface area (Å²) in [4.78, 5) is 28.6. The molecule has 1 aromatic carbocycles. The van der Waals surface area contributed by atoms with Crippen molar-refractivity contribution in [3.63, 3.8) is 0 Å². The van der Waals surface area contributed by atoms with E-state index in [0.717, 1.165) is 23.8 Å². The zero-order valence-electron chi connectivity index (χ0n) is 15.7. The number of ketones is 1. The normalized spacial score (nSPS) is 13.5. The predicted octanol–water partition coefficient (Wildman–Crippen LogP) is 3.89. The van der Waals surface area contributed by atoms with Gasteiger partial charge in [0.2, 0.25) is 5.78 Å². The second-order valence-electron chi connectivity index (χ2n) is 5.65. The van der Waals surface area contributed by atoms with Gasteiger partial charge in [-0.15, -0.1) is 11.3 Å². The van der Waals surface area contributed by atoms with E-state index < -0.39 is 5.97 Å². The van der Waals surface area contributed by atoms with E-state index in [-0.39, 0.29) is 5.78 Å². The number of aryl methyl sites for hydroxylation is 1. The van der Waals surface area contributed by atoms with Gasteiger partial charge in [0.1, 0.15) is 0 Å². The van der Waals surface area contributed by atoms with E-state index in [0.29, 0.717) is 5.70 Å². The van der Waals surface area contributed by atoms with Crippen molar-refractivity contribution in [1.82, 2.24) is 4.90 Å². The Morgan fingerprint density at radius 1 is 1.12 bits per heavy atom. The molecular formula is C20H24N2O3S. The van der Waals surface area contributed by atoms with Crippen molar-refractivity contribution in [2.24, 2.45) is 4.99 Å². The molecule has 0 unspecified atom stereocenters. The van der Waals surface area contributed by atoms with Gasteiger partial charge in [0.15, 0.2) is 0 Å². The lowest BCUT2D eigenvalue weighted by molar-refractivity contribution is -0.134. The van der Waals surface area contributed by atoms with Gasteiger partial charge in [-0.25, -0.2) is 0 Å². The summed E-state index contributed by atoms with van der Waals surface area (Å²) < 4.78 is 0. The van der Waals surface area contributed by atoms with Gasteiger partial charge < -0.3 is 10.0 Å². The number of carbonyl (C=O) groups excluding carboxylic acids is 1. The lowest BCUT2D eigenvalue weighted by Crippen LogP contribution is -2.26. The first-order valence-corrected chi connectivity index (χ1v) is 8.85. The summed E-state index contributed by atoms with van der Waals surface area (Å²) in [5.74, 6) is -0.770. The van der Waals surface area contributed by atoms with E-state index in [9.17, 15) is 4.79 Å². The molecule has 1 aliphatic carbocycles. The largest absolute Gasteiger partial charge is 0.481 e. The monoisotopic (exact) mass is 372 g/mol. The number of carboxylic acids is 1. The molecule has 6 heteroatoms. The highest BCUT2D eigenvalue weighted by molar-refractivity contribution is 7.09. The van der Waals surface area contributed by atoms with Gasteiger partial charge in [-0.3, -0.25) is 14.6 Å². The van der Waals surface area contributed by atoms with Crippen LogP contribution >= 0.6 is 11.3 Å². The fourth-order valence-electron chi connectivity index (χ4n) is 2.19. The third-order valence-electron chi connectivity index (χ3n) is 3.34. The van der Waals surface area contributed by atoms with E-state index in [4.69, 9.17) is 9.90 Å². The van der Waals surface area contributed by atoms with Crippen LogP contribution in [0, 0.1) is 6.92 Å². The number of carbonyl (C=O) groups is 2. The average Bonchev–Trinajstić information content (AvgIpc) is 3.06. The molecule has 0 radical (unpaired) electrons. The number of likely N-dealkylation sites (N-methyl/N-ethyl adjacent to an activating group) is 1. The smallest absolute Gasteiger partial charge is 0.300 e. The summed E-state index contributed by atoms with van der Waals surface area (Å²) in [6, 6.07) is 11.7. The van der Waals surface area contributed by atoms with Crippen molar-refractivity contribution >= 4 is 28.8 Å². The Labute approximate surface area is 158 Å². The molecule has 0 fully saturated rings. The molecule has 1 aliphatic rings. The molecule has 0 aliphatic heterocycles. The molecule has 1 aromatic heterocycles. The third-order valence-corrected chi connectivity index (χ3v) is 4.14. The summed E-state index contributed by atoms with van der Waals surface area (Å²) in [7, 11) is 5.47. The van der Waals surface area contributed by atoms with Crippen LogP contribution in [0.25, 0.3) is 0 Å². The van der Waals surface area contributed by atoms with Gasteiger partial charge in [0.05, 0.1) is 11.4 Å². The molecule has 3 rings (SSSR count). The van der Waals surface area contributed by atoms with E-state index in [1.54, 1.807) is 18.4 Å². The Kier molecular flexibility index (Phi) is 8.45. The fraction of sp³-hybridized carbons (Fsp3) is 0.250. The van der Waals surface area contributed by atoms with Crippen molar-refractivity contribution in [2.45, 2.75) is 13.8 Å². The first-order chi connectivity index (χ1) is 12.3. The first-order valence-electron chi connectivity index (χ1n) is 7.97. The number of hydrogen-bond donors (Lipinski definition) is 1. The number of aliphatic imine (C=N–C) groups is 1. The van der Waals surface area contributed by atoms with Crippen LogP contribution in [0.4, 0.5) is 0 Å². The predicted molar refractivity (Wildman–Crippen MR) is 107 cm³/mol. The molecule has 2 aromatic rings. The SMILES string of the molecule is CC(=O)O.CN=C1C=C(N(C)C)C(=O)c2ccccc21.Cc1cccs1. The molecule has 26 heavy (non-hydrogen) atoms. The topological polar surface area (TPSA) is 70.0 Å². The van der Waals surface area contributed by atoms with Crippen molar-refractivity contribution < 1.29 is 14.7 Å². The molecule has 0 saturated carbocycles. The molecule has 0 bridgehead atoms. The molecule has 138 valence electrons. The van der Waals surface area contributed by atoms with Crippen molar-refractivity contribution in [2.75, 3.05) is 21.1 Å². The van der Waals surface area contributed by atoms with E-state index in [2.05, 4.69) is 29.4 Å². The maximum absolute atomic E-state index is 12.2. The van der Waals surface area contributed by atoms with E-state index in [1.165, 1.54) is 4.88 Å².